The minimum absolute atomic E-state index is 0.185. The quantitative estimate of drug-likeness (QED) is 0.676. The molecule has 0 saturated carbocycles. The lowest BCUT2D eigenvalue weighted by molar-refractivity contribution is 0.0641. The number of pyridine rings is 1. The summed E-state index contributed by atoms with van der Waals surface area (Å²) in [5.41, 5.74) is 3.37. The Morgan fingerprint density at radius 2 is 1.97 bits per heavy atom. The van der Waals surface area contributed by atoms with Crippen LogP contribution >= 0.6 is 0 Å². The van der Waals surface area contributed by atoms with Crippen molar-refractivity contribution in [3.63, 3.8) is 0 Å². The Morgan fingerprint density at radius 3 is 2.69 bits per heavy atom. The van der Waals surface area contributed by atoms with Crippen molar-refractivity contribution in [1.82, 2.24) is 24.9 Å². The van der Waals surface area contributed by atoms with Gasteiger partial charge in [-0.2, -0.15) is 4.98 Å². The largest absolute Gasteiger partial charge is 0.337 e. The minimum Gasteiger partial charge on any atom is -0.337 e. The molecule has 3 aromatic rings. The van der Waals surface area contributed by atoms with E-state index in [4.69, 9.17) is 4.52 Å². The number of aromatic nitrogens is 3. The summed E-state index contributed by atoms with van der Waals surface area (Å²) in [5.74, 6) is 0.603. The summed E-state index contributed by atoms with van der Waals surface area (Å²) in [7, 11) is 0. The zero-order chi connectivity index (χ0) is 22.7. The fourth-order valence-electron chi connectivity index (χ4n) is 3.81. The molecule has 1 fully saturated rings. The van der Waals surface area contributed by atoms with Gasteiger partial charge in [0.25, 0.3) is 11.8 Å². The van der Waals surface area contributed by atoms with Crippen molar-refractivity contribution in [2.75, 3.05) is 25.0 Å². The number of amides is 3. The molecule has 0 spiro atoms. The number of benzene rings is 1. The average molecular weight is 435 g/mol. The molecule has 1 atom stereocenters. The van der Waals surface area contributed by atoms with Crippen LogP contribution in [0.3, 0.4) is 0 Å². The molecule has 1 aromatic carbocycles. The Bertz CT molecular complexity index is 1110. The molecular weight excluding hydrogens is 408 g/mol. The average Bonchev–Trinajstić information content (AvgIpc) is 3.10. The third-order valence-electron chi connectivity index (χ3n) is 5.73. The van der Waals surface area contributed by atoms with Crippen LogP contribution in [0.2, 0.25) is 0 Å². The Labute approximate surface area is 186 Å². The molecule has 1 aliphatic heterocycles. The van der Waals surface area contributed by atoms with E-state index in [1.807, 2.05) is 32.0 Å². The lowest BCUT2D eigenvalue weighted by atomic mass is 10.1. The topological polar surface area (TPSA) is 104 Å². The van der Waals surface area contributed by atoms with E-state index in [-0.39, 0.29) is 18.5 Å². The van der Waals surface area contributed by atoms with Gasteiger partial charge in [0.05, 0.1) is 12.1 Å². The summed E-state index contributed by atoms with van der Waals surface area (Å²) in [6.07, 6.45) is 3.78. The van der Waals surface area contributed by atoms with Crippen LogP contribution in [0.4, 0.5) is 10.5 Å². The molecular formula is C23H26N6O3. The Hall–Kier alpha value is -3.75. The second-order valence-electron chi connectivity index (χ2n) is 7.91. The molecule has 32 heavy (non-hydrogen) atoms. The second kappa shape index (κ2) is 9.17. The summed E-state index contributed by atoms with van der Waals surface area (Å²) in [4.78, 5) is 38.2. The van der Waals surface area contributed by atoms with E-state index in [1.165, 1.54) is 6.20 Å². The van der Waals surface area contributed by atoms with Crippen molar-refractivity contribution in [3.8, 4) is 0 Å². The standard InChI is InChI=1S/C23H26N6O3/c1-15-7-4-9-19(16(15)2)26-23(31)28-11-6-12-29(22(30)18-8-5-10-24-13-18)20(14-28)21-25-17(3)27-32-21/h4-5,7-10,13,20H,6,11-12,14H2,1-3H3,(H,26,31). The monoisotopic (exact) mass is 434 g/mol. The molecule has 1 saturated heterocycles. The van der Waals surface area contributed by atoms with Crippen LogP contribution in [-0.4, -0.2) is 56.5 Å². The van der Waals surface area contributed by atoms with E-state index >= 15 is 0 Å². The van der Waals surface area contributed by atoms with Gasteiger partial charge < -0.3 is 19.6 Å². The van der Waals surface area contributed by atoms with E-state index in [2.05, 4.69) is 20.4 Å². The molecule has 0 bridgehead atoms. The van der Waals surface area contributed by atoms with Crippen molar-refractivity contribution in [1.29, 1.82) is 0 Å². The van der Waals surface area contributed by atoms with Crippen LogP contribution in [0.5, 0.6) is 0 Å². The smallest absolute Gasteiger partial charge is 0.321 e. The Morgan fingerprint density at radius 1 is 1.12 bits per heavy atom. The molecule has 0 aliphatic carbocycles. The first-order valence-corrected chi connectivity index (χ1v) is 10.6. The summed E-state index contributed by atoms with van der Waals surface area (Å²) in [6.45, 7) is 6.90. The lowest BCUT2D eigenvalue weighted by Gasteiger charge is -2.29. The third kappa shape index (κ3) is 4.46. The number of hydrogen-bond donors (Lipinski definition) is 1. The molecule has 0 radical (unpaired) electrons. The maximum Gasteiger partial charge on any atom is 0.321 e. The lowest BCUT2D eigenvalue weighted by Crippen LogP contribution is -2.41. The minimum atomic E-state index is -0.559. The maximum atomic E-state index is 13.3. The van der Waals surface area contributed by atoms with E-state index in [0.717, 1.165) is 16.8 Å². The number of nitrogens with one attached hydrogen (secondary N) is 1. The van der Waals surface area contributed by atoms with Gasteiger partial charge in [-0.3, -0.25) is 9.78 Å². The van der Waals surface area contributed by atoms with Crippen LogP contribution in [0.1, 0.15) is 45.7 Å². The summed E-state index contributed by atoms with van der Waals surface area (Å²) in [6, 6.07) is 8.47. The predicted molar refractivity (Wildman–Crippen MR) is 118 cm³/mol. The highest BCUT2D eigenvalue weighted by molar-refractivity contribution is 5.94. The molecule has 1 N–H and O–H groups in total. The van der Waals surface area contributed by atoms with Gasteiger partial charge in [-0.1, -0.05) is 17.3 Å². The number of anilines is 1. The van der Waals surface area contributed by atoms with E-state index in [9.17, 15) is 9.59 Å². The molecule has 9 heteroatoms. The fraction of sp³-hybridized carbons (Fsp3) is 0.348. The first kappa shape index (κ1) is 21.5. The molecule has 1 aliphatic rings. The number of carbonyl (C=O) groups excluding carboxylic acids is 2. The van der Waals surface area contributed by atoms with Gasteiger partial charge >= 0.3 is 6.03 Å². The van der Waals surface area contributed by atoms with E-state index < -0.39 is 6.04 Å². The number of aryl methyl sites for hydroxylation is 2. The van der Waals surface area contributed by atoms with E-state index in [1.54, 1.807) is 35.1 Å². The van der Waals surface area contributed by atoms with Gasteiger partial charge in [-0.25, -0.2) is 4.79 Å². The second-order valence-corrected chi connectivity index (χ2v) is 7.91. The van der Waals surface area contributed by atoms with Crippen molar-refractivity contribution >= 4 is 17.6 Å². The molecule has 3 heterocycles. The van der Waals surface area contributed by atoms with Gasteiger partial charge in [0.15, 0.2) is 5.82 Å². The number of nitrogens with zero attached hydrogens (tertiary/aromatic N) is 5. The molecule has 2 aromatic heterocycles. The molecule has 4 rings (SSSR count). The maximum absolute atomic E-state index is 13.3. The third-order valence-corrected chi connectivity index (χ3v) is 5.73. The fourth-order valence-corrected chi connectivity index (χ4v) is 3.81. The van der Waals surface area contributed by atoms with Crippen molar-refractivity contribution in [2.24, 2.45) is 0 Å². The first-order valence-electron chi connectivity index (χ1n) is 10.6. The molecule has 3 amide bonds. The molecule has 166 valence electrons. The normalized spacial score (nSPS) is 16.5. The predicted octanol–water partition coefficient (Wildman–Crippen LogP) is 3.51. The zero-order valence-corrected chi connectivity index (χ0v) is 18.4. The van der Waals surface area contributed by atoms with Crippen LogP contribution in [0, 0.1) is 20.8 Å². The first-order chi connectivity index (χ1) is 15.4. The van der Waals surface area contributed by atoms with Crippen molar-refractivity contribution < 1.29 is 14.1 Å². The van der Waals surface area contributed by atoms with Crippen molar-refractivity contribution in [2.45, 2.75) is 33.2 Å². The van der Waals surface area contributed by atoms with Gasteiger partial charge in [0.1, 0.15) is 6.04 Å². The van der Waals surface area contributed by atoms with Gasteiger partial charge in [0, 0.05) is 31.2 Å². The molecule has 1 unspecified atom stereocenters. The Balaban J connectivity index is 1.60. The van der Waals surface area contributed by atoms with Crippen LogP contribution < -0.4 is 5.32 Å². The highest BCUT2D eigenvalue weighted by Gasteiger charge is 2.35. The highest BCUT2D eigenvalue weighted by atomic mass is 16.5. The number of hydrogen-bond acceptors (Lipinski definition) is 6. The summed E-state index contributed by atoms with van der Waals surface area (Å²) < 4.78 is 5.43. The highest BCUT2D eigenvalue weighted by Crippen LogP contribution is 2.27. The zero-order valence-electron chi connectivity index (χ0n) is 18.4. The number of urea groups is 1. The number of rotatable bonds is 3. The van der Waals surface area contributed by atoms with Crippen molar-refractivity contribution in [3.05, 3.63) is 71.1 Å². The SMILES string of the molecule is Cc1noc(C2CN(C(=O)Nc3cccc(C)c3C)CCCN2C(=O)c2cccnc2)n1. The van der Waals surface area contributed by atoms with Gasteiger partial charge in [-0.15, -0.1) is 0 Å². The molecule has 9 nitrogen and oxygen atoms in total. The number of carbonyl (C=O) groups is 2. The van der Waals surface area contributed by atoms with Gasteiger partial charge in [0.2, 0.25) is 0 Å². The Kier molecular flexibility index (Phi) is 6.16. The van der Waals surface area contributed by atoms with Crippen LogP contribution in [0.25, 0.3) is 0 Å². The van der Waals surface area contributed by atoms with Gasteiger partial charge in [-0.05, 0) is 56.5 Å². The van der Waals surface area contributed by atoms with E-state index in [0.29, 0.717) is 36.8 Å². The van der Waals surface area contributed by atoms with Crippen LogP contribution in [0.15, 0.2) is 47.2 Å². The summed E-state index contributed by atoms with van der Waals surface area (Å²) >= 11 is 0. The van der Waals surface area contributed by atoms with Crippen LogP contribution in [-0.2, 0) is 0 Å². The summed E-state index contributed by atoms with van der Waals surface area (Å²) in [5, 5.41) is 6.90.